The van der Waals surface area contributed by atoms with E-state index in [0.717, 1.165) is 0 Å². The number of nitrogens with one attached hydrogen (secondary N) is 2. The maximum Gasteiger partial charge on any atom is 0.265 e. The van der Waals surface area contributed by atoms with E-state index in [1.54, 1.807) is 58.0 Å². The predicted octanol–water partition coefficient (Wildman–Crippen LogP) is 4.05. The molecule has 2 aromatic carbocycles. The molecular weight excluding hydrogens is 438 g/mol. The molecule has 0 bridgehead atoms. The van der Waals surface area contributed by atoms with Crippen LogP contribution in [0.3, 0.4) is 0 Å². The topological polar surface area (TPSA) is 95.6 Å². The number of anilines is 2. The van der Waals surface area contributed by atoms with Crippen LogP contribution in [0.2, 0.25) is 5.02 Å². The third-order valence-electron chi connectivity index (χ3n) is 4.43. The van der Waals surface area contributed by atoms with Crippen LogP contribution in [0, 0.1) is 5.41 Å². The first kappa shape index (κ1) is 24.7. The van der Waals surface area contributed by atoms with Crippen LogP contribution in [0.5, 0.6) is 0 Å². The lowest BCUT2D eigenvalue weighted by Crippen LogP contribution is -2.36. The van der Waals surface area contributed by atoms with Crippen LogP contribution >= 0.6 is 11.6 Å². The second kappa shape index (κ2) is 10.2. The summed E-state index contributed by atoms with van der Waals surface area (Å²) in [5, 5.41) is 5.42. The molecule has 9 heteroatoms. The van der Waals surface area contributed by atoms with Gasteiger partial charge in [0.1, 0.15) is 4.90 Å². The Morgan fingerprint density at radius 3 is 2.29 bits per heavy atom. The average Bonchev–Trinajstić information content (AvgIpc) is 2.69. The summed E-state index contributed by atoms with van der Waals surface area (Å²) in [6.45, 7) is 7.48. The fourth-order valence-corrected chi connectivity index (χ4v) is 4.74. The van der Waals surface area contributed by atoms with Gasteiger partial charge in [-0.05, 0) is 37.3 Å². The van der Waals surface area contributed by atoms with Crippen LogP contribution in [0.1, 0.15) is 34.1 Å². The van der Waals surface area contributed by atoms with E-state index in [1.165, 1.54) is 22.5 Å². The van der Waals surface area contributed by atoms with Gasteiger partial charge in [0.25, 0.3) is 10.0 Å². The van der Waals surface area contributed by atoms with E-state index in [2.05, 4.69) is 10.6 Å². The van der Waals surface area contributed by atoms with Gasteiger partial charge in [-0.15, -0.1) is 0 Å². The van der Waals surface area contributed by atoms with E-state index in [9.17, 15) is 18.0 Å². The van der Waals surface area contributed by atoms with Gasteiger partial charge < -0.3 is 10.6 Å². The van der Waals surface area contributed by atoms with E-state index in [0.29, 0.717) is 11.4 Å². The number of carbonyl (C=O) groups excluding carboxylic acids is 2. The van der Waals surface area contributed by atoms with Crippen LogP contribution < -0.4 is 14.9 Å². The lowest BCUT2D eigenvalue weighted by atomic mass is 9.96. The molecule has 0 aliphatic carbocycles. The largest absolute Gasteiger partial charge is 0.355 e. The zero-order chi connectivity index (χ0) is 23.2. The van der Waals surface area contributed by atoms with Crippen molar-refractivity contribution in [2.75, 3.05) is 22.7 Å². The van der Waals surface area contributed by atoms with Gasteiger partial charge in [-0.2, -0.15) is 0 Å². The Labute approximate surface area is 188 Å². The number of halogens is 1. The van der Waals surface area contributed by atoms with Gasteiger partial charge in [-0.3, -0.25) is 13.9 Å². The van der Waals surface area contributed by atoms with Crippen molar-refractivity contribution in [1.82, 2.24) is 5.32 Å². The number of amides is 2. The minimum atomic E-state index is -3.94. The molecule has 0 saturated carbocycles. The highest BCUT2D eigenvalue weighted by molar-refractivity contribution is 7.93. The number of rotatable bonds is 8. The second-order valence-corrected chi connectivity index (χ2v) is 10.2. The van der Waals surface area contributed by atoms with E-state index in [1.807, 2.05) is 0 Å². The zero-order valence-electron chi connectivity index (χ0n) is 18.1. The van der Waals surface area contributed by atoms with Crippen molar-refractivity contribution in [3.63, 3.8) is 0 Å². The summed E-state index contributed by atoms with van der Waals surface area (Å²) in [5.41, 5.74) is 0.282. The highest BCUT2D eigenvalue weighted by Crippen LogP contribution is 2.30. The fourth-order valence-electron chi connectivity index (χ4n) is 2.76. The van der Waals surface area contributed by atoms with Gasteiger partial charge in [-0.25, -0.2) is 8.42 Å². The smallest absolute Gasteiger partial charge is 0.265 e. The minimum Gasteiger partial charge on any atom is -0.355 e. The monoisotopic (exact) mass is 465 g/mol. The highest BCUT2D eigenvalue weighted by Gasteiger charge is 2.26. The molecule has 2 rings (SSSR count). The quantitative estimate of drug-likeness (QED) is 0.614. The molecule has 7 nitrogen and oxygen atoms in total. The van der Waals surface area contributed by atoms with Gasteiger partial charge in [-0.1, -0.05) is 50.6 Å². The van der Waals surface area contributed by atoms with Crippen molar-refractivity contribution >= 4 is 44.8 Å². The van der Waals surface area contributed by atoms with E-state index in [-0.39, 0.29) is 41.2 Å². The number of nitrogens with zero attached hydrogens (tertiary/aromatic N) is 1. The molecule has 0 aromatic heterocycles. The van der Waals surface area contributed by atoms with Crippen LogP contribution in [-0.4, -0.2) is 33.3 Å². The molecule has 0 fully saturated rings. The summed E-state index contributed by atoms with van der Waals surface area (Å²) in [7, 11) is -3.94. The number of sulfonamides is 1. The predicted molar refractivity (Wildman–Crippen MR) is 124 cm³/mol. The first-order chi connectivity index (χ1) is 14.5. The fraction of sp³-hybridized carbons (Fsp3) is 0.364. The number of hydrogen-bond donors (Lipinski definition) is 2. The number of para-hydroxylation sites is 1. The Balaban J connectivity index is 2.16. The molecular formula is C22H28ClN3O4S. The van der Waals surface area contributed by atoms with Crippen molar-refractivity contribution in [1.29, 1.82) is 0 Å². The average molecular weight is 466 g/mol. The van der Waals surface area contributed by atoms with E-state index in [4.69, 9.17) is 11.6 Å². The number of carbonyl (C=O) groups is 2. The first-order valence-electron chi connectivity index (χ1n) is 9.92. The highest BCUT2D eigenvalue weighted by atomic mass is 35.5. The Kier molecular flexibility index (Phi) is 8.08. The number of benzene rings is 2. The van der Waals surface area contributed by atoms with Gasteiger partial charge in [0.2, 0.25) is 11.8 Å². The second-order valence-electron chi connectivity index (χ2n) is 7.95. The third-order valence-corrected chi connectivity index (χ3v) is 6.82. The van der Waals surface area contributed by atoms with Gasteiger partial charge in [0, 0.05) is 30.6 Å². The molecule has 0 radical (unpaired) electrons. The molecule has 0 aliphatic heterocycles. The Bertz CT molecular complexity index is 1030. The summed E-state index contributed by atoms with van der Waals surface area (Å²) in [6.07, 6.45) is 0.0532. The molecule has 2 aromatic rings. The lowest BCUT2D eigenvalue weighted by molar-refractivity contribution is -0.128. The Hall–Kier alpha value is -2.58. The lowest BCUT2D eigenvalue weighted by Gasteiger charge is -2.23. The van der Waals surface area contributed by atoms with Crippen molar-refractivity contribution in [3.05, 3.63) is 53.6 Å². The summed E-state index contributed by atoms with van der Waals surface area (Å²) in [4.78, 5) is 24.0. The normalized spacial score (nSPS) is 11.6. The standard InChI is InChI=1S/C22H28ClN3O4S/c1-5-26(17-9-7-6-8-10-17)31(29,30)19-15-16(11-12-18(19)23)25-20(27)13-14-24-21(28)22(2,3)4/h6-12,15H,5,13-14H2,1-4H3,(H,24,28)(H,25,27). The Morgan fingerprint density at radius 1 is 1.06 bits per heavy atom. The van der Waals surface area contributed by atoms with Gasteiger partial charge in [0.05, 0.1) is 10.7 Å². The molecule has 168 valence electrons. The SMILES string of the molecule is CCN(c1ccccc1)S(=O)(=O)c1cc(NC(=O)CCNC(=O)C(C)(C)C)ccc1Cl. The zero-order valence-corrected chi connectivity index (χ0v) is 19.7. The molecule has 0 spiro atoms. The molecule has 0 heterocycles. The minimum absolute atomic E-state index is 0.0532. The molecule has 0 unspecified atom stereocenters. The summed E-state index contributed by atoms with van der Waals surface area (Å²) in [6, 6.07) is 13.0. The van der Waals surface area contributed by atoms with Crippen molar-refractivity contribution in [3.8, 4) is 0 Å². The maximum absolute atomic E-state index is 13.2. The van der Waals surface area contributed by atoms with Crippen LogP contribution in [0.15, 0.2) is 53.4 Å². The number of hydrogen-bond acceptors (Lipinski definition) is 4. The molecule has 2 N–H and O–H groups in total. The summed E-state index contributed by atoms with van der Waals surface area (Å²) in [5.74, 6) is -0.504. The van der Waals surface area contributed by atoms with Crippen molar-refractivity contribution in [2.24, 2.45) is 5.41 Å². The molecule has 2 amide bonds. The van der Waals surface area contributed by atoms with E-state index >= 15 is 0 Å². The third kappa shape index (κ3) is 6.45. The van der Waals surface area contributed by atoms with Gasteiger partial charge >= 0.3 is 0 Å². The first-order valence-corrected chi connectivity index (χ1v) is 11.7. The molecule has 0 atom stereocenters. The summed E-state index contributed by atoms with van der Waals surface area (Å²) >= 11 is 6.20. The van der Waals surface area contributed by atoms with Crippen molar-refractivity contribution < 1.29 is 18.0 Å². The maximum atomic E-state index is 13.2. The van der Waals surface area contributed by atoms with Crippen molar-refractivity contribution in [2.45, 2.75) is 39.0 Å². The summed E-state index contributed by atoms with van der Waals surface area (Å²) < 4.78 is 27.7. The molecule has 0 aliphatic rings. The Morgan fingerprint density at radius 2 is 1.71 bits per heavy atom. The van der Waals surface area contributed by atoms with Crippen LogP contribution in [-0.2, 0) is 19.6 Å². The van der Waals surface area contributed by atoms with Gasteiger partial charge in [0.15, 0.2) is 0 Å². The molecule has 31 heavy (non-hydrogen) atoms. The van der Waals surface area contributed by atoms with E-state index < -0.39 is 15.4 Å². The van der Waals surface area contributed by atoms with Crippen LogP contribution in [0.25, 0.3) is 0 Å². The molecule has 0 saturated heterocycles. The van der Waals surface area contributed by atoms with Crippen LogP contribution in [0.4, 0.5) is 11.4 Å².